The molecule has 4 amide bonds. The van der Waals surface area contributed by atoms with Crippen LogP contribution in [0.4, 0.5) is 0 Å². The molecule has 11 nitrogen and oxygen atoms in total. The summed E-state index contributed by atoms with van der Waals surface area (Å²) in [6.07, 6.45) is -0.588. The average Bonchev–Trinajstić information content (AvgIpc) is 2.75. The predicted octanol–water partition coefficient (Wildman–Crippen LogP) is -1.44. The summed E-state index contributed by atoms with van der Waals surface area (Å²) in [6.45, 7) is 3.51. The molecule has 0 spiro atoms. The number of carboxylic acid groups (broad SMARTS) is 1. The Bertz CT molecular complexity index is 851. The topological polar surface area (TPSA) is 194 Å². The number of primary amides is 1. The first-order valence-corrected chi connectivity index (χ1v) is 10.9. The molecule has 1 rings (SSSR count). The number of carbonyl (C=O) groups excluding carboxylic acids is 4. The van der Waals surface area contributed by atoms with Gasteiger partial charge in [-0.3, -0.25) is 19.2 Å². The van der Waals surface area contributed by atoms with Gasteiger partial charge in [-0.15, -0.1) is 0 Å². The van der Waals surface area contributed by atoms with Crippen LogP contribution in [0.3, 0.4) is 0 Å². The summed E-state index contributed by atoms with van der Waals surface area (Å²) in [5.74, 6) is -4.67. The van der Waals surface area contributed by atoms with Crippen LogP contribution < -0.4 is 27.4 Å². The van der Waals surface area contributed by atoms with Gasteiger partial charge in [0.25, 0.3) is 0 Å². The minimum atomic E-state index is -1.56. The molecule has 4 atom stereocenters. The number of rotatable bonds is 13. The third kappa shape index (κ3) is 9.49. The van der Waals surface area contributed by atoms with Crippen molar-refractivity contribution in [2.75, 3.05) is 5.75 Å². The Hall–Kier alpha value is -3.12. The fourth-order valence-corrected chi connectivity index (χ4v) is 3.03. The lowest BCUT2D eigenvalue weighted by atomic mass is 10.0. The van der Waals surface area contributed by atoms with Crippen molar-refractivity contribution < 1.29 is 29.1 Å². The molecule has 4 unspecified atom stereocenters. The van der Waals surface area contributed by atoms with E-state index in [-0.39, 0.29) is 18.1 Å². The predicted molar refractivity (Wildman–Crippen MR) is 124 cm³/mol. The second kappa shape index (κ2) is 13.4. The molecule has 0 aliphatic heterocycles. The number of amides is 4. The highest BCUT2D eigenvalue weighted by molar-refractivity contribution is 7.80. The van der Waals surface area contributed by atoms with Crippen LogP contribution in [0.1, 0.15) is 25.8 Å². The van der Waals surface area contributed by atoms with Gasteiger partial charge in [-0.05, 0) is 11.5 Å². The third-order valence-corrected chi connectivity index (χ3v) is 5.14. The molecule has 0 bridgehead atoms. The summed E-state index contributed by atoms with van der Waals surface area (Å²) in [4.78, 5) is 60.5. The number of thiol groups is 1. The molecule has 182 valence electrons. The van der Waals surface area contributed by atoms with Crippen LogP contribution in [-0.2, 0) is 30.4 Å². The van der Waals surface area contributed by atoms with Crippen LogP contribution in [0.15, 0.2) is 30.3 Å². The molecule has 0 aliphatic rings. The Morgan fingerprint density at radius 1 is 0.909 bits per heavy atom. The minimum absolute atomic E-state index is 0.0278. The van der Waals surface area contributed by atoms with Crippen molar-refractivity contribution in [3.8, 4) is 0 Å². The van der Waals surface area contributed by atoms with Crippen molar-refractivity contribution in [2.24, 2.45) is 17.4 Å². The summed E-state index contributed by atoms with van der Waals surface area (Å²) in [5, 5.41) is 16.5. The zero-order valence-corrected chi connectivity index (χ0v) is 19.4. The molecule has 0 fully saturated rings. The van der Waals surface area contributed by atoms with E-state index in [0.717, 1.165) is 0 Å². The largest absolute Gasteiger partial charge is 0.480 e. The highest BCUT2D eigenvalue weighted by Crippen LogP contribution is 2.06. The van der Waals surface area contributed by atoms with E-state index in [1.54, 1.807) is 44.2 Å². The molecule has 1 aromatic rings. The van der Waals surface area contributed by atoms with Gasteiger partial charge in [-0.2, -0.15) is 12.6 Å². The SMILES string of the molecule is CC(C)C(N)C(=O)NC(CS)C(=O)NC(Cc1ccccc1)C(=O)NC(CC(N)=O)C(=O)O. The van der Waals surface area contributed by atoms with Gasteiger partial charge in [0.2, 0.25) is 23.6 Å². The van der Waals surface area contributed by atoms with E-state index in [1.165, 1.54) is 0 Å². The normalized spacial score (nSPS) is 14.5. The second-order valence-electron chi connectivity index (χ2n) is 7.83. The highest BCUT2D eigenvalue weighted by Gasteiger charge is 2.31. The smallest absolute Gasteiger partial charge is 0.326 e. The van der Waals surface area contributed by atoms with Crippen LogP contribution in [0, 0.1) is 5.92 Å². The molecule has 0 saturated carbocycles. The Labute approximate surface area is 197 Å². The fraction of sp³-hybridized carbons (Fsp3) is 0.476. The Morgan fingerprint density at radius 3 is 1.91 bits per heavy atom. The molecule has 0 aromatic heterocycles. The molecule has 12 heteroatoms. The van der Waals surface area contributed by atoms with E-state index < -0.39 is 60.2 Å². The van der Waals surface area contributed by atoms with Gasteiger partial charge in [0.05, 0.1) is 12.5 Å². The maximum atomic E-state index is 12.8. The number of hydrogen-bond donors (Lipinski definition) is 7. The maximum Gasteiger partial charge on any atom is 0.326 e. The summed E-state index contributed by atoms with van der Waals surface area (Å²) in [7, 11) is 0. The molecule has 0 aliphatic carbocycles. The van der Waals surface area contributed by atoms with Crippen molar-refractivity contribution in [1.82, 2.24) is 16.0 Å². The number of carboxylic acids is 1. The summed E-state index contributed by atoms with van der Waals surface area (Å²) >= 11 is 4.10. The Morgan fingerprint density at radius 2 is 1.42 bits per heavy atom. The number of aliphatic carboxylic acids is 1. The number of nitrogens with two attached hydrogens (primary N) is 2. The minimum Gasteiger partial charge on any atom is -0.480 e. The number of benzene rings is 1. The van der Waals surface area contributed by atoms with Crippen LogP contribution in [0.2, 0.25) is 0 Å². The molecule has 1 aromatic carbocycles. The molecule has 0 heterocycles. The van der Waals surface area contributed by atoms with E-state index in [1.807, 2.05) is 0 Å². The molecular weight excluding hydrogens is 450 g/mol. The summed E-state index contributed by atoms with van der Waals surface area (Å²) in [6, 6.07) is 4.02. The van der Waals surface area contributed by atoms with E-state index in [0.29, 0.717) is 5.56 Å². The number of nitrogens with one attached hydrogen (secondary N) is 3. The number of hydrogen-bond acceptors (Lipinski definition) is 7. The highest BCUT2D eigenvalue weighted by atomic mass is 32.1. The van der Waals surface area contributed by atoms with Gasteiger partial charge in [-0.25, -0.2) is 4.79 Å². The van der Waals surface area contributed by atoms with Gasteiger partial charge in [0.1, 0.15) is 18.1 Å². The summed E-state index contributed by atoms with van der Waals surface area (Å²) < 4.78 is 0. The lowest BCUT2D eigenvalue weighted by molar-refractivity contribution is -0.143. The average molecular weight is 482 g/mol. The van der Waals surface area contributed by atoms with Crippen molar-refractivity contribution in [3.05, 3.63) is 35.9 Å². The molecule has 8 N–H and O–H groups in total. The lowest BCUT2D eigenvalue weighted by Crippen LogP contribution is -2.58. The van der Waals surface area contributed by atoms with Crippen LogP contribution >= 0.6 is 12.6 Å². The van der Waals surface area contributed by atoms with E-state index in [2.05, 4.69) is 28.6 Å². The first kappa shape index (κ1) is 27.9. The Balaban J connectivity index is 3.04. The third-order valence-electron chi connectivity index (χ3n) is 4.77. The van der Waals surface area contributed by atoms with Gasteiger partial charge in [0.15, 0.2) is 0 Å². The van der Waals surface area contributed by atoms with Gasteiger partial charge >= 0.3 is 5.97 Å². The lowest BCUT2D eigenvalue weighted by Gasteiger charge is -2.25. The number of carbonyl (C=O) groups is 5. The van der Waals surface area contributed by atoms with E-state index in [4.69, 9.17) is 11.5 Å². The maximum absolute atomic E-state index is 12.8. The Kier molecular flexibility index (Phi) is 11.4. The van der Waals surface area contributed by atoms with E-state index in [9.17, 15) is 29.1 Å². The monoisotopic (exact) mass is 481 g/mol. The molecular formula is C21H31N5O6S. The summed E-state index contributed by atoms with van der Waals surface area (Å²) in [5.41, 5.74) is 11.6. The van der Waals surface area contributed by atoms with Gasteiger partial charge in [0, 0.05) is 12.2 Å². The van der Waals surface area contributed by atoms with Crippen molar-refractivity contribution >= 4 is 42.2 Å². The van der Waals surface area contributed by atoms with Gasteiger partial charge < -0.3 is 32.5 Å². The molecule has 0 radical (unpaired) electrons. The quantitative estimate of drug-likeness (QED) is 0.168. The molecule has 33 heavy (non-hydrogen) atoms. The first-order valence-electron chi connectivity index (χ1n) is 10.3. The van der Waals surface area contributed by atoms with Crippen LogP contribution in [-0.4, -0.2) is 64.6 Å². The van der Waals surface area contributed by atoms with Crippen molar-refractivity contribution in [3.63, 3.8) is 0 Å². The van der Waals surface area contributed by atoms with E-state index >= 15 is 0 Å². The zero-order valence-electron chi connectivity index (χ0n) is 18.5. The van der Waals surface area contributed by atoms with Crippen LogP contribution in [0.5, 0.6) is 0 Å². The van der Waals surface area contributed by atoms with Crippen molar-refractivity contribution in [1.29, 1.82) is 0 Å². The molecule has 0 saturated heterocycles. The van der Waals surface area contributed by atoms with Gasteiger partial charge in [-0.1, -0.05) is 44.2 Å². The fourth-order valence-electron chi connectivity index (χ4n) is 2.77. The standard InChI is InChI=1S/C21H31N5O6S/c1-11(2)17(23)20(30)26-15(10-33)19(29)24-13(8-12-6-4-3-5-7-12)18(28)25-14(21(31)32)9-16(22)27/h3-7,11,13-15,17,33H,8-10,23H2,1-2H3,(H2,22,27)(H,24,29)(H,25,28)(H,26,30)(H,31,32). The zero-order chi connectivity index (χ0) is 25.1. The second-order valence-corrected chi connectivity index (χ2v) is 8.20. The first-order chi connectivity index (χ1) is 15.5. The van der Waals surface area contributed by atoms with Crippen molar-refractivity contribution in [2.45, 2.75) is 50.9 Å². The van der Waals surface area contributed by atoms with Crippen LogP contribution in [0.25, 0.3) is 0 Å².